The molecule has 0 unspecified atom stereocenters. The van der Waals surface area contributed by atoms with Gasteiger partial charge in [0.25, 0.3) is 5.56 Å². The summed E-state index contributed by atoms with van der Waals surface area (Å²) in [7, 11) is 0. The predicted molar refractivity (Wildman–Crippen MR) is 75.0 cm³/mol. The number of nitrogens with one attached hydrogen (secondary N) is 1. The van der Waals surface area contributed by atoms with Crippen LogP contribution < -0.4 is 11.2 Å². The average Bonchev–Trinajstić information content (AvgIpc) is 2.78. The molecule has 1 aliphatic rings. The molecule has 1 saturated heterocycles. The summed E-state index contributed by atoms with van der Waals surface area (Å²) in [5, 5.41) is 10.2. The van der Waals surface area contributed by atoms with Gasteiger partial charge in [-0.1, -0.05) is 5.92 Å². The SMILES string of the molecule is C#C[C@]1(COC(C)=O)O[C@H](n2cc(C)c(=O)[nH]c2=O)C[C@H]1O. The predicted octanol–water partition coefficient (Wildman–Crippen LogP) is -0.940. The number of ether oxygens (including phenoxy) is 2. The maximum atomic E-state index is 11.9. The van der Waals surface area contributed by atoms with E-state index in [1.807, 2.05) is 0 Å². The maximum absolute atomic E-state index is 11.9. The van der Waals surface area contributed by atoms with Gasteiger partial charge in [0.15, 0.2) is 5.60 Å². The van der Waals surface area contributed by atoms with Crippen LogP contribution in [0.1, 0.15) is 25.1 Å². The van der Waals surface area contributed by atoms with Crippen LogP contribution in [-0.4, -0.2) is 38.9 Å². The van der Waals surface area contributed by atoms with E-state index in [0.29, 0.717) is 5.56 Å². The summed E-state index contributed by atoms with van der Waals surface area (Å²) in [5.74, 6) is 1.73. The van der Waals surface area contributed by atoms with Crippen molar-refractivity contribution in [3.05, 3.63) is 32.6 Å². The Balaban J connectivity index is 2.32. The molecule has 8 heteroatoms. The third-order valence-electron chi connectivity index (χ3n) is 3.50. The third kappa shape index (κ3) is 2.81. The van der Waals surface area contributed by atoms with E-state index in [4.69, 9.17) is 15.9 Å². The van der Waals surface area contributed by atoms with E-state index in [1.165, 1.54) is 20.0 Å². The van der Waals surface area contributed by atoms with Gasteiger partial charge in [-0.3, -0.25) is 19.1 Å². The summed E-state index contributed by atoms with van der Waals surface area (Å²) in [5.41, 5.74) is -2.38. The first kappa shape index (κ1) is 16.0. The van der Waals surface area contributed by atoms with Gasteiger partial charge in [0.2, 0.25) is 0 Å². The van der Waals surface area contributed by atoms with Gasteiger partial charge in [0, 0.05) is 25.1 Å². The molecule has 22 heavy (non-hydrogen) atoms. The molecule has 2 heterocycles. The molecule has 0 saturated carbocycles. The summed E-state index contributed by atoms with van der Waals surface area (Å²) in [6, 6.07) is 0. The van der Waals surface area contributed by atoms with Crippen molar-refractivity contribution >= 4 is 5.97 Å². The van der Waals surface area contributed by atoms with Crippen molar-refractivity contribution in [3.63, 3.8) is 0 Å². The number of rotatable bonds is 3. The van der Waals surface area contributed by atoms with Crippen LogP contribution in [-0.2, 0) is 14.3 Å². The van der Waals surface area contributed by atoms with Gasteiger partial charge in [0.05, 0.1) is 0 Å². The van der Waals surface area contributed by atoms with E-state index in [1.54, 1.807) is 0 Å². The van der Waals surface area contributed by atoms with Crippen molar-refractivity contribution in [1.29, 1.82) is 0 Å². The number of terminal acetylenes is 1. The molecule has 2 rings (SSSR count). The monoisotopic (exact) mass is 308 g/mol. The molecule has 0 bridgehead atoms. The van der Waals surface area contributed by atoms with Crippen LogP contribution in [0.3, 0.4) is 0 Å². The number of esters is 1. The Morgan fingerprint density at radius 3 is 2.95 bits per heavy atom. The van der Waals surface area contributed by atoms with Crippen molar-refractivity contribution in [2.45, 2.75) is 38.2 Å². The Hall–Kier alpha value is -2.37. The lowest BCUT2D eigenvalue weighted by atomic mass is 9.99. The highest BCUT2D eigenvalue weighted by Crippen LogP contribution is 2.36. The van der Waals surface area contributed by atoms with Gasteiger partial charge < -0.3 is 14.6 Å². The third-order valence-corrected chi connectivity index (χ3v) is 3.50. The lowest BCUT2D eigenvalue weighted by Crippen LogP contribution is -2.43. The van der Waals surface area contributed by atoms with Gasteiger partial charge >= 0.3 is 11.7 Å². The highest BCUT2D eigenvalue weighted by atomic mass is 16.6. The fourth-order valence-electron chi connectivity index (χ4n) is 2.23. The summed E-state index contributed by atoms with van der Waals surface area (Å²) in [6.45, 7) is 2.42. The van der Waals surface area contributed by atoms with E-state index in [9.17, 15) is 19.5 Å². The lowest BCUT2D eigenvalue weighted by molar-refractivity contribution is -0.154. The minimum atomic E-state index is -1.53. The quantitative estimate of drug-likeness (QED) is 0.551. The van der Waals surface area contributed by atoms with E-state index in [-0.39, 0.29) is 13.0 Å². The number of hydrogen-bond acceptors (Lipinski definition) is 6. The number of aryl methyl sites for hydroxylation is 1. The zero-order chi connectivity index (χ0) is 16.5. The van der Waals surface area contributed by atoms with Gasteiger partial charge in [-0.05, 0) is 6.92 Å². The van der Waals surface area contributed by atoms with Gasteiger partial charge in [0.1, 0.15) is 18.9 Å². The molecule has 0 aliphatic carbocycles. The number of aromatic amines is 1. The number of nitrogens with zero attached hydrogens (tertiary/aromatic N) is 1. The fourth-order valence-corrected chi connectivity index (χ4v) is 2.23. The second kappa shape index (κ2) is 5.79. The van der Waals surface area contributed by atoms with Crippen molar-refractivity contribution in [2.24, 2.45) is 0 Å². The van der Waals surface area contributed by atoms with Crippen LogP contribution in [0.2, 0.25) is 0 Å². The number of hydrogen-bond donors (Lipinski definition) is 2. The Labute approximate surface area is 125 Å². The smallest absolute Gasteiger partial charge is 0.330 e. The Kier molecular flexibility index (Phi) is 4.21. The molecule has 0 aromatic carbocycles. The second-order valence-corrected chi connectivity index (χ2v) is 5.12. The number of H-pyrrole nitrogens is 1. The first-order chi connectivity index (χ1) is 10.3. The second-order valence-electron chi connectivity index (χ2n) is 5.12. The minimum absolute atomic E-state index is 0.0247. The van der Waals surface area contributed by atoms with Crippen LogP contribution in [0.5, 0.6) is 0 Å². The highest BCUT2D eigenvalue weighted by molar-refractivity contribution is 5.66. The first-order valence-electron chi connectivity index (χ1n) is 6.58. The molecule has 0 spiro atoms. The maximum Gasteiger partial charge on any atom is 0.330 e. The molecule has 1 aromatic rings. The first-order valence-corrected chi connectivity index (χ1v) is 6.58. The molecule has 0 radical (unpaired) electrons. The molecule has 8 nitrogen and oxygen atoms in total. The Morgan fingerprint density at radius 2 is 2.36 bits per heavy atom. The molecular weight excluding hydrogens is 292 g/mol. The molecule has 1 aromatic heterocycles. The number of carbonyl (C=O) groups excluding carboxylic acids is 1. The topological polar surface area (TPSA) is 111 Å². The van der Waals surface area contributed by atoms with Crippen LogP contribution in [0.25, 0.3) is 0 Å². The zero-order valence-electron chi connectivity index (χ0n) is 12.2. The Morgan fingerprint density at radius 1 is 1.68 bits per heavy atom. The average molecular weight is 308 g/mol. The molecule has 1 fully saturated rings. The van der Waals surface area contributed by atoms with E-state index < -0.39 is 35.2 Å². The summed E-state index contributed by atoms with van der Waals surface area (Å²) in [6.07, 6.45) is 4.77. The molecule has 1 aliphatic heterocycles. The van der Waals surface area contributed by atoms with Crippen molar-refractivity contribution < 1.29 is 19.4 Å². The molecule has 118 valence electrons. The number of aliphatic hydroxyl groups is 1. The molecule has 2 N–H and O–H groups in total. The fraction of sp³-hybridized carbons (Fsp3) is 0.500. The number of carbonyl (C=O) groups is 1. The van der Waals surface area contributed by atoms with Crippen LogP contribution >= 0.6 is 0 Å². The van der Waals surface area contributed by atoms with Gasteiger partial charge in [-0.2, -0.15) is 0 Å². The van der Waals surface area contributed by atoms with E-state index in [2.05, 4.69) is 10.9 Å². The minimum Gasteiger partial charge on any atom is -0.462 e. The molecule has 0 amide bonds. The standard InChI is InChI=1S/C14H16N2O6/c1-4-14(7-21-9(3)17)10(18)5-11(22-14)16-6-8(2)12(19)15-13(16)20/h1,6,10-11,18H,5,7H2,2-3H3,(H,15,19,20)/t10-,11+,14-/m1/s1. The summed E-state index contributed by atoms with van der Waals surface area (Å²) < 4.78 is 11.6. The van der Waals surface area contributed by atoms with E-state index >= 15 is 0 Å². The normalized spacial score (nSPS) is 27.4. The summed E-state index contributed by atoms with van der Waals surface area (Å²) >= 11 is 0. The number of aliphatic hydroxyl groups excluding tert-OH is 1. The van der Waals surface area contributed by atoms with Crippen molar-refractivity contribution in [1.82, 2.24) is 9.55 Å². The van der Waals surface area contributed by atoms with E-state index in [0.717, 1.165) is 4.57 Å². The largest absolute Gasteiger partial charge is 0.462 e. The highest BCUT2D eigenvalue weighted by Gasteiger charge is 2.49. The van der Waals surface area contributed by atoms with Gasteiger partial charge in [-0.15, -0.1) is 6.42 Å². The van der Waals surface area contributed by atoms with Crippen LogP contribution in [0, 0.1) is 19.3 Å². The zero-order valence-corrected chi connectivity index (χ0v) is 12.2. The number of aromatic nitrogens is 2. The molecule has 3 atom stereocenters. The van der Waals surface area contributed by atoms with Gasteiger partial charge in [-0.25, -0.2) is 4.79 Å². The summed E-state index contributed by atoms with van der Waals surface area (Å²) in [4.78, 5) is 36.3. The van der Waals surface area contributed by atoms with Crippen molar-refractivity contribution in [3.8, 4) is 12.3 Å². The van der Waals surface area contributed by atoms with Crippen LogP contribution in [0.15, 0.2) is 15.8 Å². The lowest BCUT2D eigenvalue weighted by Gasteiger charge is -2.25. The van der Waals surface area contributed by atoms with Crippen LogP contribution in [0.4, 0.5) is 0 Å². The Bertz CT molecular complexity index is 743. The molecular formula is C14H16N2O6. The van der Waals surface area contributed by atoms with Crippen molar-refractivity contribution in [2.75, 3.05) is 6.61 Å².